The van der Waals surface area contributed by atoms with Gasteiger partial charge < -0.3 is 14.7 Å². The highest BCUT2D eigenvalue weighted by molar-refractivity contribution is 5.81. The predicted molar refractivity (Wildman–Crippen MR) is 198 cm³/mol. The molecule has 7 nitrogen and oxygen atoms in total. The molecule has 0 radical (unpaired) electrons. The van der Waals surface area contributed by atoms with Crippen molar-refractivity contribution >= 4 is 17.8 Å². The minimum atomic E-state index is -1.13. The van der Waals surface area contributed by atoms with Crippen LogP contribution in [0.2, 0.25) is 0 Å². The number of hydrogen-bond donors (Lipinski definition) is 1. The number of carboxylic acid groups (broad SMARTS) is 1. The van der Waals surface area contributed by atoms with E-state index in [1.807, 2.05) is 4.90 Å². The summed E-state index contributed by atoms with van der Waals surface area (Å²) in [6.07, 6.45) is 13.2. The maximum Gasteiger partial charge on any atom is 0.309 e. The molecule has 6 rings (SSSR count). The fourth-order valence-electron chi connectivity index (χ4n) is 14.2. The van der Waals surface area contributed by atoms with Gasteiger partial charge in [0.15, 0.2) is 0 Å². The lowest BCUT2D eigenvalue weighted by Crippen LogP contribution is -2.67. The molecular weight excluding hydrogens is 624 g/mol. The van der Waals surface area contributed by atoms with Crippen LogP contribution in [0.4, 0.5) is 0 Å². The third-order valence-corrected chi connectivity index (χ3v) is 17.4. The number of nitrogens with zero attached hydrogens (tertiary/aromatic N) is 2. The van der Waals surface area contributed by atoms with Gasteiger partial charge in [0.05, 0.1) is 11.8 Å². The number of fused-ring (bicyclic) bond motifs is 7. The molecule has 0 aromatic carbocycles. The molecule has 1 saturated heterocycles. The average molecular weight is 695 g/mol. The summed E-state index contributed by atoms with van der Waals surface area (Å²) in [6, 6.07) is 0. The summed E-state index contributed by atoms with van der Waals surface area (Å²) in [4.78, 5) is 41.4. The number of aliphatic carboxylic acids is 1. The van der Waals surface area contributed by atoms with E-state index in [1.54, 1.807) is 20.8 Å². The van der Waals surface area contributed by atoms with Crippen molar-refractivity contribution in [2.75, 3.05) is 32.7 Å². The first-order valence-corrected chi connectivity index (χ1v) is 20.3. The Kier molecular flexibility index (Phi) is 9.77. The molecule has 6 fully saturated rings. The van der Waals surface area contributed by atoms with E-state index in [0.717, 1.165) is 51.5 Å². The summed E-state index contributed by atoms with van der Waals surface area (Å²) in [7, 11) is 0. The van der Waals surface area contributed by atoms with Gasteiger partial charge in [-0.3, -0.25) is 19.3 Å². The first-order valence-electron chi connectivity index (χ1n) is 20.3. The summed E-state index contributed by atoms with van der Waals surface area (Å²) >= 11 is 0. The number of carboxylic acids is 1. The van der Waals surface area contributed by atoms with E-state index in [0.29, 0.717) is 34.5 Å². The third-order valence-electron chi connectivity index (χ3n) is 17.4. The normalized spacial score (nSPS) is 42.8. The van der Waals surface area contributed by atoms with Crippen molar-refractivity contribution in [1.29, 1.82) is 0 Å². The van der Waals surface area contributed by atoms with E-state index < -0.39 is 11.4 Å². The second-order valence-corrected chi connectivity index (χ2v) is 20.4. The molecule has 1 amide bonds. The second kappa shape index (κ2) is 12.9. The highest BCUT2D eigenvalue weighted by Gasteiger charge is 2.71. The van der Waals surface area contributed by atoms with Gasteiger partial charge >= 0.3 is 11.9 Å². The Labute approximate surface area is 303 Å². The van der Waals surface area contributed by atoms with Crippen molar-refractivity contribution in [2.45, 2.75) is 145 Å². The molecular formula is C43H70N2O5. The van der Waals surface area contributed by atoms with Gasteiger partial charge in [-0.25, -0.2) is 0 Å². The van der Waals surface area contributed by atoms with Gasteiger partial charge in [-0.1, -0.05) is 46.8 Å². The van der Waals surface area contributed by atoms with Gasteiger partial charge in [0.1, 0.15) is 6.10 Å². The van der Waals surface area contributed by atoms with Gasteiger partial charge in [-0.05, 0) is 149 Å². The number of ether oxygens (including phenoxy) is 1. The number of carbonyl (C=O) groups is 3. The van der Waals surface area contributed by atoms with E-state index in [9.17, 15) is 19.5 Å². The Morgan fingerprint density at radius 1 is 0.820 bits per heavy atom. The number of amides is 1. The Hall–Kier alpha value is -1.89. The molecule has 5 aliphatic carbocycles. The SMILES string of the molecule is C=C(C)[C@@H]1CC[C@]2(CCN3CCN(C(C)=O)CC3)CC[C@]3(C)[C@H](CC[C@@H]4[C@@]5(C)CC[C@H](OC(=O)CC(C)(C)C(=O)O)C(C)(C)[C@@H]5CC[C@]43C)[C@@H]12. The van der Waals surface area contributed by atoms with Crippen LogP contribution in [-0.4, -0.2) is 71.6 Å². The van der Waals surface area contributed by atoms with Crippen molar-refractivity contribution < 1.29 is 24.2 Å². The van der Waals surface area contributed by atoms with Crippen LogP contribution >= 0.6 is 0 Å². The molecule has 10 atom stereocenters. The van der Waals surface area contributed by atoms with Crippen molar-refractivity contribution in [3.63, 3.8) is 0 Å². The van der Waals surface area contributed by atoms with Gasteiger partial charge in [0, 0.05) is 38.5 Å². The van der Waals surface area contributed by atoms with E-state index in [-0.39, 0.29) is 40.6 Å². The summed E-state index contributed by atoms with van der Waals surface area (Å²) < 4.78 is 6.20. The summed E-state index contributed by atoms with van der Waals surface area (Å²) in [5.41, 5.74) is 1.26. The zero-order chi connectivity index (χ0) is 36.7. The maximum absolute atomic E-state index is 13.1. The Morgan fingerprint density at radius 3 is 2.12 bits per heavy atom. The zero-order valence-electron chi connectivity index (χ0n) is 33.2. The van der Waals surface area contributed by atoms with E-state index >= 15 is 0 Å². The Balaban J connectivity index is 1.21. The lowest BCUT2D eigenvalue weighted by atomic mass is 9.32. The second-order valence-electron chi connectivity index (χ2n) is 20.4. The number of hydrogen-bond acceptors (Lipinski definition) is 5. The summed E-state index contributed by atoms with van der Waals surface area (Å²) in [6.45, 7) is 29.4. The van der Waals surface area contributed by atoms with Crippen LogP contribution in [-0.2, 0) is 19.1 Å². The lowest BCUT2D eigenvalue weighted by Gasteiger charge is -2.73. The van der Waals surface area contributed by atoms with Crippen LogP contribution in [0.25, 0.3) is 0 Å². The number of piperazine rings is 1. The minimum Gasteiger partial charge on any atom is -0.481 e. The maximum atomic E-state index is 13.1. The standard InChI is InChI=1S/C43H70N2O5/c1-28(2)30-13-18-43(21-22-44-23-25-45(26-24-44)29(3)46)20-19-41(9)31(36(30)43)11-12-33-40(8)16-15-34(50-35(47)27-38(4,5)37(48)49)39(6,7)32(40)14-17-42(33,41)10/h30-34,36H,1,11-27H2,2-10H3,(H,48,49)/t30-,31+,32-,33+,34-,36+,40-,41+,42+,43+/m0/s1. The average Bonchev–Trinajstić information content (AvgIpc) is 3.42. The number of carbonyl (C=O) groups excluding carboxylic acids is 2. The molecule has 0 unspecified atom stereocenters. The third kappa shape index (κ3) is 5.90. The molecule has 5 saturated carbocycles. The molecule has 0 bridgehead atoms. The molecule has 1 heterocycles. The number of rotatable bonds is 8. The highest BCUT2D eigenvalue weighted by Crippen LogP contribution is 2.78. The van der Waals surface area contributed by atoms with Crippen molar-refractivity contribution in [1.82, 2.24) is 9.80 Å². The van der Waals surface area contributed by atoms with Crippen LogP contribution < -0.4 is 0 Å². The summed E-state index contributed by atoms with van der Waals surface area (Å²) in [5, 5.41) is 9.61. The van der Waals surface area contributed by atoms with Crippen LogP contribution in [0.5, 0.6) is 0 Å². The molecule has 282 valence electrons. The fourth-order valence-corrected chi connectivity index (χ4v) is 14.2. The van der Waals surface area contributed by atoms with Crippen LogP contribution in [0.1, 0.15) is 139 Å². The van der Waals surface area contributed by atoms with Gasteiger partial charge in [0.2, 0.25) is 5.91 Å². The molecule has 1 aliphatic heterocycles. The molecule has 7 heteroatoms. The van der Waals surface area contributed by atoms with E-state index in [2.05, 4.69) is 53.0 Å². The molecule has 0 spiro atoms. The smallest absolute Gasteiger partial charge is 0.309 e. The van der Waals surface area contributed by atoms with Crippen LogP contribution in [0.15, 0.2) is 12.2 Å². The van der Waals surface area contributed by atoms with Crippen LogP contribution in [0, 0.1) is 62.1 Å². The number of allylic oxidation sites excluding steroid dienone is 1. The van der Waals surface area contributed by atoms with Gasteiger partial charge in [-0.15, -0.1) is 0 Å². The van der Waals surface area contributed by atoms with Gasteiger partial charge in [0.25, 0.3) is 0 Å². The molecule has 1 N–H and O–H groups in total. The van der Waals surface area contributed by atoms with Crippen molar-refractivity contribution in [3.8, 4) is 0 Å². The minimum absolute atomic E-state index is 0.0956. The quantitative estimate of drug-likeness (QED) is 0.202. The van der Waals surface area contributed by atoms with Crippen molar-refractivity contribution in [2.24, 2.45) is 62.1 Å². The fraction of sp³-hybridized carbons (Fsp3) is 0.884. The monoisotopic (exact) mass is 695 g/mol. The van der Waals surface area contributed by atoms with Gasteiger partial charge in [-0.2, -0.15) is 0 Å². The molecule has 50 heavy (non-hydrogen) atoms. The zero-order valence-corrected chi connectivity index (χ0v) is 33.2. The first-order chi connectivity index (χ1) is 23.2. The largest absolute Gasteiger partial charge is 0.481 e. The topological polar surface area (TPSA) is 87.2 Å². The van der Waals surface area contributed by atoms with E-state index in [4.69, 9.17) is 4.74 Å². The first kappa shape index (κ1) is 37.9. The molecule has 6 aliphatic rings. The number of esters is 1. The Bertz CT molecular complexity index is 1360. The molecule has 0 aromatic heterocycles. The van der Waals surface area contributed by atoms with Crippen LogP contribution in [0.3, 0.4) is 0 Å². The highest BCUT2D eigenvalue weighted by atomic mass is 16.5. The molecule has 0 aromatic rings. The van der Waals surface area contributed by atoms with E-state index in [1.165, 1.54) is 63.4 Å². The predicted octanol–water partition coefficient (Wildman–Crippen LogP) is 8.61. The summed E-state index contributed by atoms with van der Waals surface area (Å²) in [5.74, 6) is 2.04. The lowest BCUT2D eigenvalue weighted by molar-refractivity contribution is -0.250. The Morgan fingerprint density at radius 2 is 1.50 bits per heavy atom. The van der Waals surface area contributed by atoms with Crippen molar-refractivity contribution in [3.05, 3.63) is 12.2 Å².